The highest BCUT2D eigenvalue weighted by molar-refractivity contribution is 7.67. The van der Waals surface area contributed by atoms with Crippen molar-refractivity contribution in [1.82, 2.24) is 0 Å². The average molecular weight is 488 g/mol. The molecule has 1 amide bonds. The zero-order valence-electron chi connectivity index (χ0n) is 19.2. The molecule has 0 aliphatic rings. The first-order valence-corrected chi connectivity index (χ1v) is 12.8. The molecule has 0 heterocycles. The molecule has 0 saturated carbocycles. The molecular formula is C28H26FN2O3P. The Balaban J connectivity index is 1.56. The number of rotatable bonds is 8. The van der Waals surface area contributed by atoms with Gasteiger partial charge in [0.2, 0.25) is 7.37 Å². The number of hydrogen-bond acceptors (Lipinski definition) is 4. The fourth-order valence-corrected chi connectivity index (χ4v) is 6.11. The minimum absolute atomic E-state index is 0.358. The van der Waals surface area contributed by atoms with E-state index in [0.717, 1.165) is 11.1 Å². The van der Waals surface area contributed by atoms with Crippen molar-refractivity contribution < 1.29 is 18.3 Å². The molecule has 4 aromatic carbocycles. The molecule has 2 unspecified atom stereocenters. The van der Waals surface area contributed by atoms with Gasteiger partial charge in [-0.3, -0.25) is 9.36 Å². The summed E-state index contributed by atoms with van der Waals surface area (Å²) in [5, 5.41) is 3.29. The minimum Gasteiger partial charge on any atom is -0.397 e. The van der Waals surface area contributed by atoms with Crippen LogP contribution < -0.4 is 16.4 Å². The summed E-state index contributed by atoms with van der Waals surface area (Å²) < 4.78 is 33.1. The second-order valence-corrected chi connectivity index (χ2v) is 10.7. The molecule has 0 fully saturated rings. The van der Waals surface area contributed by atoms with Gasteiger partial charge in [0.1, 0.15) is 6.67 Å². The molecule has 35 heavy (non-hydrogen) atoms. The molecule has 0 spiro atoms. The maximum Gasteiger partial charge on any atom is 0.255 e. The SMILES string of the molecule is COP(=O)(c1ccccc1)C(CF)c1ccc(C(=O)Nc2cc(-c3ccccc3)ccc2N)cc1. The van der Waals surface area contributed by atoms with E-state index in [1.165, 1.54) is 7.11 Å². The van der Waals surface area contributed by atoms with Gasteiger partial charge in [0.05, 0.1) is 17.0 Å². The van der Waals surface area contributed by atoms with Crippen LogP contribution in [-0.4, -0.2) is 19.7 Å². The van der Waals surface area contributed by atoms with Crippen molar-refractivity contribution in [2.45, 2.75) is 5.66 Å². The zero-order chi connectivity index (χ0) is 24.8. The second-order valence-electron chi connectivity index (χ2n) is 8.03. The number of hydrogen-bond donors (Lipinski definition) is 2. The van der Waals surface area contributed by atoms with Gasteiger partial charge in [-0.05, 0) is 53.1 Å². The van der Waals surface area contributed by atoms with E-state index in [4.69, 9.17) is 10.3 Å². The summed E-state index contributed by atoms with van der Waals surface area (Å²) in [6.45, 7) is -0.867. The minimum atomic E-state index is -3.51. The number of carbonyl (C=O) groups excluding carboxylic acids is 1. The van der Waals surface area contributed by atoms with E-state index in [9.17, 15) is 13.8 Å². The van der Waals surface area contributed by atoms with E-state index in [1.807, 2.05) is 42.5 Å². The summed E-state index contributed by atoms with van der Waals surface area (Å²) in [6, 6.07) is 30.2. The molecule has 2 atom stereocenters. The predicted molar refractivity (Wildman–Crippen MR) is 140 cm³/mol. The molecule has 3 N–H and O–H groups in total. The third-order valence-corrected chi connectivity index (χ3v) is 8.73. The Bertz CT molecular complexity index is 1350. The lowest BCUT2D eigenvalue weighted by atomic mass is 10.0. The van der Waals surface area contributed by atoms with Gasteiger partial charge in [-0.25, -0.2) is 4.39 Å². The lowest BCUT2D eigenvalue weighted by Gasteiger charge is -2.25. The third-order valence-electron chi connectivity index (χ3n) is 5.91. The predicted octanol–water partition coefficient (Wildman–Crippen LogP) is 6.45. The van der Waals surface area contributed by atoms with Gasteiger partial charge in [-0.15, -0.1) is 0 Å². The largest absolute Gasteiger partial charge is 0.397 e. The van der Waals surface area contributed by atoms with Crippen LogP contribution in [0.2, 0.25) is 0 Å². The lowest BCUT2D eigenvalue weighted by molar-refractivity contribution is 0.102. The van der Waals surface area contributed by atoms with Crippen LogP contribution in [0, 0.1) is 0 Å². The molecule has 0 aromatic heterocycles. The molecule has 7 heteroatoms. The van der Waals surface area contributed by atoms with E-state index in [0.29, 0.717) is 27.8 Å². The lowest BCUT2D eigenvalue weighted by Crippen LogP contribution is -2.16. The summed E-state index contributed by atoms with van der Waals surface area (Å²) in [5.41, 5.74) is 8.83. The number of nitrogen functional groups attached to an aromatic ring is 1. The number of carbonyl (C=O) groups is 1. The van der Waals surface area contributed by atoms with Crippen molar-refractivity contribution in [3.05, 3.63) is 114 Å². The van der Waals surface area contributed by atoms with Crippen molar-refractivity contribution >= 4 is 30.0 Å². The number of halogens is 1. The van der Waals surface area contributed by atoms with Crippen LogP contribution in [0.25, 0.3) is 11.1 Å². The van der Waals surface area contributed by atoms with Crippen molar-refractivity contribution in [2.75, 3.05) is 24.8 Å². The zero-order valence-corrected chi connectivity index (χ0v) is 20.1. The summed E-state index contributed by atoms with van der Waals surface area (Å²) in [4.78, 5) is 12.9. The highest BCUT2D eigenvalue weighted by Crippen LogP contribution is 2.58. The van der Waals surface area contributed by atoms with Crippen LogP contribution in [0.5, 0.6) is 0 Å². The monoisotopic (exact) mass is 488 g/mol. The van der Waals surface area contributed by atoms with Crippen molar-refractivity contribution in [3.63, 3.8) is 0 Å². The maximum absolute atomic E-state index is 14.1. The first-order chi connectivity index (χ1) is 17.0. The third kappa shape index (κ3) is 5.19. The van der Waals surface area contributed by atoms with Gasteiger partial charge < -0.3 is 15.6 Å². The van der Waals surface area contributed by atoms with Crippen LogP contribution in [0.4, 0.5) is 15.8 Å². The summed E-state index contributed by atoms with van der Waals surface area (Å²) >= 11 is 0. The standard InChI is InChI=1S/C28H26FN2O3P/c1-34-35(33,24-10-6-3-7-11-24)27(19-29)21-12-14-22(15-13-21)28(32)31-26-18-23(16-17-25(26)30)20-8-4-2-5-9-20/h2-18,27H,19,30H2,1H3,(H,31,32). The Labute approximate surface area is 204 Å². The van der Waals surface area contributed by atoms with Crippen molar-refractivity contribution in [3.8, 4) is 11.1 Å². The van der Waals surface area contributed by atoms with Gasteiger partial charge in [0.25, 0.3) is 5.91 Å². The van der Waals surface area contributed by atoms with Crippen LogP contribution in [0.3, 0.4) is 0 Å². The Hall–Kier alpha value is -3.73. The van der Waals surface area contributed by atoms with Crippen LogP contribution in [-0.2, 0) is 9.09 Å². The van der Waals surface area contributed by atoms with Gasteiger partial charge in [-0.2, -0.15) is 0 Å². The van der Waals surface area contributed by atoms with Gasteiger partial charge in [-0.1, -0.05) is 66.7 Å². The molecule has 0 bridgehead atoms. The first-order valence-electron chi connectivity index (χ1n) is 11.1. The average Bonchev–Trinajstić information content (AvgIpc) is 2.91. The number of alkyl halides is 1. The Morgan fingerprint density at radius 2 is 1.54 bits per heavy atom. The van der Waals surface area contributed by atoms with Crippen LogP contribution >= 0.6 is 7.37 Å². The van der Waals surface area contributed by atoms with Gasteiger partial charge in [0, 0.05) is 18.0 Å². The van der Waals surface area contributed by atoms with Crippen LogP contribution in [0.15, 0.2) is 103 Å². The van der Waals surface area contributed by atoms with Gasteiger partial charge in [0.15, 0.2) is 0 Å². The quantitative estimate of drug-likeness (QED) is 0.221. The van der Waals surface area contributed by atoms with Crippen molar-refractivity contribution in [1.29, 1.82) is 0 Å². The number of nitrogens with two attached hydrogens (primary N) is 1. The molecule has 0 aliphatic heterocycles. The smallest absolute Gasteiger partial charge is 0.255 e. The first kappa shape index (κ1) is 24.4. The number of nitrogens with one attached hydrogen (secondary N) is 1. The van der Waals surface area contributed by atoms with Gasteiger partial charge >= 0.3 is 0 Å². The Morgan fingerprint density at radius 1 is 0.914 bits per heavy atom. The van der Waals surface area contributed by atoms with E-state index in [-0.39, 0.29) is 5.91 Å². The van der Waals surface area contributed by atoms with Crippen molar-refractivity contribution in [2.24, 2.45) is 0 Å². The van der Waals surface area contributed by atoms with E-state index in [1.54, 1.807) is 60.7 Å². The van der Waals surface area contributed by atoms with E-state index < -0.39 is 19.7 Å². The summed E-state index contributed by atoms with van der Waals surface area (Å²) in [7, 11) is -2.19. The Kier molecular flexibility index (Phi) is 7.45. The maximum atomic E-state index is 14.1. The molecule has 0 saturated heterocycles. The molecule has 4 aromatic rings. The normalized spacial score (nSPS) is 13.5. The number of anilines is 2. The van der Waals surface area contributed by atoms with E-state index >= 15 is 0 Å². The number of benzene rings is 4. The molecule has 178 valence electrons. The fourth-order valence-electron chi connectivity index (χ4n) is 3.95. The highest BCUT2D eigenvalue weighted by Gasteiger charge is 2.36. The molecule has 5 nitrogen and oxygen atoms in total. The molecule has 4 rings (SSSR count). The number of amides is 1. The van der Waals surface area contributed by atoms with E-state index in [2.05, 4.69) is 5.32 Å². The molecule has 0 radical (unpaired) electrons. The second kappa shape index (κ2) is 10.7. The molecular weight excluding hydrogens is 462 g/mol. The fraction of sp³-hybridized carbons (Fsp3) is 0.107. The Morgan fingerprint density at radius 3 is 2.14 bits per heavy atom. The van der Waals surface area contributed by atoms with Crippen LogP contribution in [0.1, 0.15) is 21.6 Å². The highest BCUT2D eigenvalue weighted by atomic mass is 31.2. The topological polar surface area (TPSA) is 81.4 Å². The summed E-state index contributed by atoms with van der Waals surface area (Å²) in [6.07, 6.45) is 0. The summed E-state index contributed by atoms with van der Waals surface area (Å²) in [5.74, 6) is -0.358. The molecule has 0 aliphatic carbocycles.